The largest absolute Gasteiger partial charge is 0.389 e. The van der Waals surface area contributed by atoms with Crippen LogP contribution in [0, 0.1) is 0 Å². The third kappa shape index (κ3) is 3.16. The molecule has 0 bridgehead atoms. The molecule has 74 valence electrons. The number of aromatic nitrogens is 2. The maximum atomic E-state index is 9.54. The molecule has 0 aliphatic carbocycles. The second-order valence-electron chi connectivity index (χ2n) is 3.60. The first-order valence-corrected chi connectivity index (χ1v) is 4.68. The maximum absolute atomic E-state index is 9.54. The molecule has 0 aliphatic heterocycles. The monoisotopic (exact) mass is 202 g/mol. The minimum atomic E-state index is -0.741. The highest BCUT2D eigenvalue weighted by Gasteiger charge is 2.17. The van der Waals surface area contributed by atoms with Crippen LogP contribution in [0.1, 0.15) is 13.8 Å². The average Bonchev–Trinajstić information content (AvgIpc) is 2.31. The summed E-state index contributed by atoms with van der Waals surface area (Å²) in [6.45, 7) is 3.99. The van der Waals surface area contributed by atoms with Crippen molar-refractivity contribution in [2.45, 2.75) is 19.4 Å². The molecule has 1 rings (SSSR count). The Morgan fingerprint density at radius 3 is 2.62 bits per heavy atom. The Morgan fingerprint density at radius 1 is 1.62 bits per heavy atom. The molecule has 5 nitrogen and oxygen atoms in total. The molecule has 0 radical (unpaired) electrons. The Labute approximate surface area is 81.4 Å². The van der Waals surface area contributed by atoms with Gasteiger partial charge >= 0.3 is 0 Å². The van der Waals surface area contributed by atoms with E-state index in [9.17, 15) is 5.11 Å². The highest BCUT2D eigenvalue weighted by atomic mass is 32.1. The number of nitrogens with zero attached hydrogens (tertiary/aromatic N) is 3. The third-order valence-corrected chi connectivity index (χ3v) is 2.23. The first-order chi connectivity index (χ1) is 5.88. The Kier molecular flexibility index (Phi) is 2.72. The first-order valence-electron chi connectivity index (χ1n) is 3.91. The van der Waals surface area contributed by atoms with Crippen molar-refractivity contribution in [3.63, 3.8) is 0 Å². The summed E-state index contributed by atoms with van der Waals surface area (Å²) in [6.07, 6.45) is 0. The summed E-state index contributed by atoms with van der Waals surface area (Å²) in [5.41, 5.74) is 4.64. The van der Waals surface area contributed by atoms with Crippen LogP contribution in [0.15, 0.2) is 0 Å². The number of likely N-dealkylation sites (N-methyl/N-ethyl adjacent to an activating group) is 1. The fourth-order valence-corrected chi connectivity index (χ4v) is 1.58. The van der Waals surface area contributed by atoms with Gasteiger partial charge in [-0.05, 0) is 13.8 Å². The topological polar surface area (TPSA) is 75.3 Å². The van der Waals surface area contributed by atoms with Crippen LogP contribution >= 0.6 is 11.5 Å². The van der Waals surface area contributed by atoms with Crippen molar-refractivity contribution in [1.29, 1.82) is 0 Å². The Bertz CT molecular complexity index is 280. The molecule has 1 aromatic heterocycles. The Morgan fingerprint density at radius 2 is 2.23 bits per heavy atom. The third-order valence-electron chi connectivity index (χ3n) is 1.38. The van der Waals surface area contributed by atoms with Gasteiger partial charge in [0.1, 0.15) is 0 Å². The van der Waals surface area contributed by atoms with E-state index in [0.29, 0.717) is 6.54 Å². The summed E-state index contributed by atoms with van der Waals surface area (Å²) in [6, 6.07) is 0. The molecule has 0 spiro atoms. The number of hydrogen-bond donors (Lipinski definition) is 2. The highest BCUT2D eigenvalue weighted by Crippen LogP contribution is 2.18. The molecule has 0 atom stereocenters. The standard InChI is InChI=1S/C7H14N4OS/c1-7(2,12)4-11(3)6-9-5(8)10-13-6/h12H,4H2,1-3H3,(H2,8,10). The van der Waals surface area contributed by atoms with Crippen LogP contribution < -0.4 is 10.6 Å². The fraction of sp³-hybridized carbons (Fsp3) is 0.714. The molecule has 0 saturated carbocycles. The highest BCUT2D eigenvalue weighted by molar-refractivity contribution is 7.09. The normalized spacial score (nSPS) is 11.7. The molecule has 6 heteroatoms. The van der Waals surface area contributed by atoms with Gasteiger partial charge in [0.05, 0.1) is 5.60 Å². The van der Waals surface area contributed by atoms with Crippen molar-refractivity contribution in [2.24, 2.45) is 0 Å². The number of nitrogen functional groups attached to an aromatic ring is 1. The van der Waals surface area contributed by atoms with E-state index in [1.165, 1.54) is 11.5 Å². The molecule has 0 amide bonds. The van der Waals surface area contributed by atoms with Crippen LogP contribution in [-0.4, -0.2) is 33.7 Å². The zero-order valence-electron chi connectivity index (χ0n) is 7.98. The molecular weight excluding hydrogens is 188 g/mol. The second kappa shape index (κ2) is 3.47. The van der Waals surface area contributed by atoms with Gasteiger partial charge in [0.25, 0.3) is 0 Å². The van der Waals surface area contributed by atoms with E-state index in [1.807, 2.05) is 11.9 Å². The number of hydrogen-bond acceptors (Lipinski definition) is 6. The van der Waals surface area contributed by atoms with Crippen LogP contribution in [-0.2, 0) is 0 Å². The van der Waals surface area contributed by atoms with Gasteiger partial charge in [-0.2, -0.15) is 9.36 Å². The molecule has 0 saturated heterocycles. The predicted octanol–water partition coefficient (Wildman–Crippen LogP) is 0.327. The van der Waals surface area contributed by atoms with Crippen molar-refractivity contribution < 1.29 is 5.11 Å². The molecule has 0 aliphatic rings. The van der Waals surface area contributed by atoms with E-state index >= 15 is 0 Å². The molecule has 0 aromatic carbocycles. The summed E-state index contributed by atoms with van der Waals surface area (Å²) >= 11 is 1.23. The summed E-state index contributed by atoms with van der Waals surface area (Å²) in [5, 5.41) is 10.3. The second-order valence-corrected chi connectivity index (χ2v) is 4.33. The van der Waals surface area contributed by atoms with Gasteiger partial charge < -0.3 is 15.7 Å². The zero-order chi connectivity index (χ0) is 10.1. The summed E-state index contributed by atoms with van der Waals surface area (Å²) in [5.74, 6) is 0.280. The SMILES string of the molecule is CN(CC(C)(C)O)c1nc(N)ns1. The average molecular weight is 202 g/mol. The smallest absolute Gasteiger partial charge is 0.233 e. The number of nitrogens with two attached hydrogens (primary N) is 1. The van der Waals surface area contributed by atoms with Crippen LogP contribution in [0.2, 0.25) is 0 Å². The lowest BCUT2D eigenvalue weighted by molar-refractivity contribution is 0.0886. The van der Waals surface area contributed by atoms with E-state index in [1.54, 1.807) is 13.8 Å². The number of anilines is 2. The number of aliphatic hydroxyl groups is 1. The van der Waals surface area contributed by atoms with Gasteiger partial charge in [0.15, 0.2) is 0 Å². The summed E-state index contributed by atoms with van der Waals surface area (Å²) in [4.78, 5) is 5.82. The van der Waals surface area contributed by atoms with Gasteiger partial charge in [0.2, 0.25) is 11.1 Å². The number of rotatable bonds is 3. The van der Waals surface area contributed by atoms with Gasteiger partial charge in [-0.3, -0.25) is 0 Å². The van der Waals surface area contributed by atoms with Crippen molar-refractivity contribution in [2.75, 3.05) is 24.2 Å². The molecule has 0 fully saturated rings. The van der Waals surface area contributed by atoms with Gasteiger partial charge in [-0.15, -0.1) is 0 Å². The van der Waals surface area contributed by atoms with Gasteiger partial charge in [0, 0.05) is 25.1 Å². The van der Waals surface area contributed by atoms with E-state index in [4.69, 9.17) is 5.73 Å². The first kappa shape index (κ1) is 10.2. The van der Waals surface area contributed by atoms with E-state index in [-0.39, 0.29) is 5.95 Å². The lowest BCUT2D eigenvalue weighted by atomic mass is 10.1. The van der Waals surface area contributed by atoms with Crippen LogP contribution in [0.4, 0.5) is 11.1 Å². The molecule has 3 N–H and O–H groups in total. The van der Waals surface area contributed by atoms with Gasteiger partial charge in [-0.1, -0.05) is 0 Å². The predicted molar refractivity (Wildman–Crippen MR) is 53.9 cm³/mol. The lowest BCUT2D eigenvalue weighted by Crippen LogP contribution is -2.36. The molecule has 13 heavy (non-hydrogen) atoms. The zero-order valence-corrected chi connectivity index (χ0v) is 8.80. The van der Waals surface area contributed by atoms with Crippen molar-refractivity contribution in [3.05, 3.63) is 0 Å². The van der Waals surface area contributed by atoms with Crippen LogP contribution in [0.25, 0.3) is 0 Å². The summed E-state index contributed by atoms with van der Waals surface area (Å²) < 4.78 is 3.85. The quantitative estimate of drug-likeness (QED) is 0.738. The van der Waals surface area contributed by atoms with E-state index < -0.39 is 5.60 Å². The maximum Gasteiger partial charge on any atom is 0.233 e. The molecule has 1 aromatic rings. The Hall–Kier alpha value is -0.880. The van der Waals surface area contributed by atoms with Crippen molar-refractivity contribution >= 4 is 22.6 Å². The lowest BCUT2D eigenvalue weighted by Gasteiger charge is -2.24. The summed E-state index contributed by atoms with van der Waals surface area (Å²) in [7, 11) is 1.85. The van der Waals surface area contributed by atoms with Crippen molar-refractivity contribution in [3.8, 4) is 0 Å². The van der Waals surface area contributed by atoms with Crippen LogP contribution in [0.5, 0.6) is 0 Å². The minimum absolute atomic E-state index is 0.280. The minimum Gasteiger partial charge on any atom is -0.389 e. The van der Waals surface area contributed by atoms with E-state index in [2.05, 4.69) is 9.36 Å². The molecule has 0 unspecified atom stereocenters. The molecule has 1 heterocycles. The van der Waals surface area contributed by atoms with Crippen molar-refractivity contribution in [1.82, 2.24) is 9.36 Å². The molecular formula is C7H14N4OS. The van der Waals surface area contributed by atoms with Gasteiger partial charge in [-0.25, -0.2) is 0 Å². The fourth-order valence-electron chi connectivity index (χ4n) is 1.03. The van der Waals surface area contributed by atoms with Crippen LogP contribution in [0.3, 0.4) is 0 Å². The van der Waals surface area contributed by atoms with E-state index in [0.717, 1.165) is 5.13 Å². The Balaban J connectivity index is 2.64.